The number of benzene rings is 2. The summed E-state index contributed by atoms with van der Waals surface area (Å²) in [5.74, 6) is -1.35. The summed E-state index contributed by atoms with van der Waals surface area (Å²) in [7, 11) is 1.47. The number of likely N-dealkylation sites (N-methyl/N-ethyl adjacent to an activating group) is 1. The van der Waals surface area contributed by atoms with Crippen LogP contribution in [0.15, 0.2) is 54.7 Å². The number of morpholine rings is 1. The zero-order valence-corrected chi connectivity index (χ0v) is 19.8. The molecule has 0 saturated carbocycles. The minimum atomic E-state index is -4.74. The number of carbonyl (C=O) groups is 1. The lowest BCUT2D eigenvalue weighted by molar-refractivity contribution is -0.137. The highest BCUT2D eigenvalue weighted by Crippen LogP contribution is 2.37. The van der Waals surface area contributed by atoms with E-state index in [1.54, 1.807) is 6.07 Å². The molecule has 0 N–H and O–H groups in total. The van der Waals surface area contributed by atoms with Crippen LogP contribution < -0.4 is 9.55 Å². The van der Waals surface area contributed by atoms with Crippen molar-refractivity contribution in [2.24, 2.45) is 0 Å². The van der Waals surface area contributed by atoms with E-state index >= 15 is 0 Å². The molecule has 1 aromatic heterocycles. The van der Waals surface area contributed by atoms with Crippen molar-refractivity contribution in [3.05, 3.63) is 82.4 Å². The summed E-state index contributed by atoms with van der Waals surface area (Å²) in [5, 5.41) is 13.4. The average Bonchev–Trinajstić information content (AvgIpc) is 2.83. The van der Waals surface area contributed by atoms with Gasteiger partial charge in [-0.15, -0.1) is 0 Å². The van der Waals surface area contributed by atoms with Gasteiger partial charge in [-0.1, -0.05) is 24.3 Å². The highest BCUT2D eigenvalue weighted by atomic mass is 19.4. The van der Waals surface area contributed by atoms with Crippen molar-refractivity contribution in [2.75, 3.05) is 38.3 Å². The van der Waals surface area contributed by atoms with Crippen LogP contribution in [0.5, 0.6) is 0 Å². The van der Waals surface area contributed by atoms with Crippen molar-refractivity contribution < 1.29 is 27.1 Å². The van der Waals surface area contributed by atoms with E-state index in [1.807, 2.05) is 31.2 Å². The summed E-state index contributed by atoms with van der Waals surface area (Å²) >= 11 is 0. The van der Waals surface area contributed by atoms with Crippen molar-refractivity contribution in [2.45, 2.75) is 19.5 Å². The second kappa shape index (κ2) is 9.96. The maximum Gasteiger partial charge on any atom is 0.416 e. The first-order chi connectivity index (χ1) is 17.0. The van der Waals surface area contributed by atoms with Crippen LogP contribution in [0, 0.1) is 17.9 Å². The number of aromatic nitrogens is 1. The number of pyridine rings is 1. The zero-order valence-electron chi connectivity index (χ0n) is 19.8. The Hall–Kier alpha value is -3.34. The number of amides is 1. The molecule has 0 bridgehead atoms. The molecule has 2 aromatic carbocycles. The number of halogens is 4. The number of nitrogens with zero attached hydrogens (tertiary/aromatic N) is 3. The molecule has 10 heteroatoms. The van der Waals surface area contributed by atoms with Crippen molar-refractivity contribution in [1.82, 2.24) is 9.63 Å². The molecule has 1 saturated heterocycles. The molecule has 1 amide bonds. The number of hydrogen-bond acceptors (Lipinski definition) is 4. The van der Waals surface area contributed by atoms with E-state index in [2.05, 4.69) is 4.98 Å². The van der Waals surface area contributed by atoms with Gasteiger partial charge in [0.15, 0.2) is 0 Å². The first-order valence-electron chi connectivity index (χ1n) is 11.3. The molecule has 0 atom stereocenters. The molecule has 1 aliphatic rings. The minimum Gasteiger partial charge on any atom is -0.626 e. The van der Waals surface area contributed by atoms with Crippen LogP contribution in [0.4, 0.5) is 29.1 Å². The zero-order chi connectivity index (χ0) is 26.1. The molecule has 1 aliphatic heterocycles. The molecule has 190 valence electrons. The maximum absolute atomic E-state index is 13.8. The van der Waals surface area contributed by atoms with Crippen LogP contribution in [0.25, 0.3) is 11.1 Å². The van der Waals surface area contributed by atoms with Gasteiger partial charge >= 0.3 is 6.18 Å². The molecule has 0 unspecified atom stereocenters. The summed E-state index contributed by atoms with van der Waals surface area (Å²) in [4.78, 5) is 18.7. The van der Waals surface area contributed by atoms with Crippen LogP contribution in [0.3, 0.4) is 0 Å². The molecule has 2 heterocycles. The van der Waals surface area contributed by atoms with Crippen molar-refractivity contribution in [3.63, 3.8) is 0 Å². The van der Waals surface area contributed by atoms with Gasteiger partial charge in [0.25, 0.3) is 0 Å². The van der Waals surface area contributed by atoms with Gasteiger partial charge in [0.1, 0.15) is 18.9 Å². The van der Waals surface area contributed by atoms with Crippen LogP contribution >= 0.6 is 0 Å². The molecular weight excluding hydrogens is 478 g/mol. The minimum absolute atomic E-state index is 0.0985. The Balaban J connectivity index is 1.71. The number of hydroxylamine groups is 2. The fourth-order valence-electron chi connectivity index (χ4n) is 4.23. The van der Waals surface area contributed by atoms with Gasteiger partial charge in [-0.25, -0.2) is 9.37 Å². The second-order valence-corrected chi connectivity index (χ2v) is 8.80. The van der Waals surface area contributed by atoms with Gasteiger partial charge in [0.05, 0.1) is 37.1 Å². The Morgan fingerprint density at radius 2 is 1.81 bits per heavy atom. The average molecular weight is 503 g/mol. The maximum atomic E-state index is 13.8. The molecule has 0 radical (unpaired) electrons. The predicted octanol–water partition coefficient (Wildman–Crippen LogP) is 5.26. The third kappa shape index (κ3) is 5.40. The van der Waals surface area contributed by atoms with E-state index < -0.39 is 34.5 Å². The number of quaternary nitrogens is 1. The van der Waals surface area contributed by atoms with E-state index in [-0.39, 0.29) is 24.5 Å². The Labute approximate surface area is 205 Å². The van der Waals surface area contributed by atoms with Crippen molar-refractivity contribution >= 4 is 17.4 Å². The number of alkyl halides is 3. The monoisotopic (exact) mass is 503 g/mol. The summed E-state index contributed by atoms with van der Waals surface area (Å²) in [6.45, 7) is 2.91. The normalized spacial score (nSPS) is 15.5. The van der Waals surface area contributed by atoms with E-state index in [0.29, 0.717) is 30.5 Å². The quantitative estimate of drug-likeness (QED) is 0.271. The van der Waals surface area contributed by atoms with Crippen LogP contribution in [0.1, 0.15) is 16.7 Å². The number of rotatable bonds is 5. The predicted molar refractivity (Wildman–Crippen MR) is 129 cm³/mol. The Morgan fingerprint density at radius 1 is 1.11 bits per heavy atom. The molecule has 4 rings (SSSR count). The summed E-state index contributed by atoms with van der Waals surface area (Å²) in [5.41, 5.74) is 1.39. The molecule has 0 spiro atoms. The second-order valence-electron chi connectivity index (χ2n) is 8.80. The fraction of sp³-hybridized carbons (Fsp3) is 0.308. The first kappa shape index (κ1) is 25.7. The third-order valence-corrected chi connectivity index (χ3v) is 6.29. The highest BCUT2D eigenvalue weighted by molar-refractivity contribution is 5.98. The van der Waals surface area contributed by atoms with Gasteiger partial charge in [-0.05, 0) is 41.8 Å². The van der Waals surface area contributed by atoms with E-state index in [4.69, 9.17) is 4.74 Å². The van der Waals surface area contributed by atoms with Gasteiger partial charge in [0.2, 0.25) is 11.7 Å². The molecule has 1 fully saturated rings. The molecule has 6 nitrogen and oxygen atoms in total. The van der Waals surface area contributed by atoms with Crippen LogP contribution in [-0.2, 0) is 22.1 Å². The Morgan fingerprint density at radius 3 is 2.47 bits per heavy atom. The largest absolute Gasteiger partial charge is 0.626 e. The Kier molecular flexibility index (Phi) is 7.12. The summed E-state index contributed by atoms with van der Waals surface area (Å²) < 4.78 is 57.8. The summed E-state index contributed by atoms with van der Waals surface area (Å²) in [6.07, 6.45) is -3.76. The molecule has 3 aromatic rings. The topological polar surface area (TPSA) is 65.5 Å². The van der Waals surface area contributed by atoms with Crippen molar-refractivity contribution in [1.29, 1.82) is 0 Å². The number of ether oxygens (including phenoxy) is 1. The van der Waals surface area contributed by atoms with E-state index in [0.717, 1.165) is 23.3 Å². The molecular formula is C26H25F4N3O3. The lowest BCUT2D eigenvalue weighted by Crippen LogP contribution is -2.52. The number of hydrogen-bond donors (Lipinski definition) is 0. The lowest BCUT2D eigenvalue weighted by atomic mass is 9.99. The first-order valence-corrected chi connectivity index (χ1v) is 11.3. The van der Waals surface area contributed by atoms with E-state index in [9.17, 15) is 27.6 Å². The SMILES string of the molecule is Cc1ccccc1-c1cc([N+]2([O-])CCOCC2)ncc1N(C)C(=O)Cc1cc(F)cc(C(F)(F)F)c1. The number of aryl methyl sites for hydroxylation is 1. The van der Waals surface area contributed by atoms with Crippen molar-refractivity contribution in [3.8, 4) is 11.1 Å². The van der Waals surface area contributed by atoms with Crippen LogP contribution in [-0.4, -0.2) is 44.2 Å². The smallest absolute Gasteiger partial charge is 0.416 e. The van der Waals surface area contributed by atoms with Gasteiger partial charge in [-0.2, -0.15) is 13.2 Å². The third-order valence-electron chi connectivity index (χ3n) is 6.29. The van der Waals surface area contributed by atoms with Gasteiger partial charge in [-0.3, -0.25) is 4.79 Å². The van der Waals surface area contributed by atoms with Gasteiger partial charge in [0, 0.05) is 18.7 Å². The number of carbonyl (C=O) groups excluding carboxylic acids is 1. The highest BCUT2D eigenvalue weighted by Gasteiger charge is 2.32. The lowest BCUT2D eigenvalue weighted by Gasteiger charge is -2.43. The van der Waals surface area contributed by atoms with Crippen LogP contribution in [0.2, 0.25) is 0 Å². The van der Waals surface area contributed by atoms with E-state index in [1.165, 1.54) is 18.1 Å². The standard InChI is InChI=1S/C26H25F4N3O3/c1-17-5-3-4-6-21(17)22-15-24(33(35)7-9-36-10-8-33)31-16-23(22)32(2)25(34)13-18-11-19(26(28,29)30)14-20(27)12-18/h3-6,11-12,14-16H,7-10,13H2,1-2H3. The number of anilines is 1. The summed E-state index contributed by atoms with van der Waals surface area (Å²) in [6, 6.07) is 11.2. The molecule has 0 aliphatic carbocycles. The Bertz CT molecular complexity index is 1270. The molecule has 36 heavy (non-hydrogen) atoms. The van der Waals surface area contributed by atoms with Gasteiger partial charge < -0.3 is 19.5 Å². The fourth-order valence-corrected chi connectivity index (χ4v) is 4.23.